The van der Waals surface area contributed by atoms with Gasteiger partial charge in [-0.05, 0) is 58.2 Å². The SMILES string of the molecule is Nc1nonc1-n1nnc(C(=O)NN=Cc2cccc(OCc3ccc(Cl)cc3Cl)c2)c1CN1CCc2ccccc21. The lowest BCUT2D eigenvalue weighted by Gasteiger charge is -2.19. The number of nitrogens with two attached hydrogens (primary N) is 1. The number of nitrogens with one attached hydrogen (secondary N) is 1. The first kappa shape index (κ1) is 27.2. The number of carbonyl (C=O) groups is 1. The molecule has 0 fully saturated rings. The maximum absolute atomic E-state index is 13.2. The lowest BCUT2D eigenvalue weighted by molar-refractivity contribution is 0.0949. The summed E-state index contributed by atoms with van der Waals surface area (Å²) in [6.45, 7) is 1.34. The first-order valence-electron chi connectivity index (χ1n) is 12.8. The number of hydrogen-bond donors (Lipinski definition) is 2. The Morgan fingerprint density at radius 2 is 2.00 bits per heavy atom. The van der Waals surface area contributed by atoms with Crippen LogP contribution >= 0.6 is 23.2 Å². The van der Waals surface area contributed by atoms with Crippen molar-refractivity contribution in [3.05, 3.63) is 105 Å². The molecule has 0 atom stereocenters. The number of nitrogens with zero attached hydrogens (tertiary/aromatic N) is 7. The summed E-state index contributed by atoms with van der Waals surface area (Å²) in [5.41, 5.74) is 12.8. The number of aromatic nitrogens is 5. The minimum atomic E-state index is -0.556. The molecule has 1 aliphatic rings. The van der Waals surface area contributed by atoms with E-state index in [9.17, 15) is 4.79 Å². The largest absolute Gasteiger partial charge is 0.489 e. The van der Waals surface area contributed by atoms with Crippen LogP contribution in [0.25, 0.3) is 5.82 Å². The number of hydrazone groups is 1. The summed E-state index contributed by atoms with van der Waals surface area (Å²) in [4.78, 5) is 15.4. The van der Waals surface area contributed by atoms with Crippen molar-refractivity contribution < 1.29 is 14.2 Å². The van der Waals surface area contributed by atoms with Crippen LogP contribution in [0.15, 0.2) is 76.5 Å². The summed E-state index contributed by atoms with van der Waals surface area (Å²) in [5.74, 6) is 0.212. The van der Waals surface area contributed by atoms with Crippen LogP contribution in [-0.4, -0.2) is 44.0 Å². The zero-order chi connectivity index (χ0) is 29.1. The molecule has 0 spiro atoms. The van der Waals surface area contributed by atoms with Crippen LogP contribution in [0, 0.1) is 0 Å². The average molecular weight is 604 g/mol. The Morgan fingerprint density at radius 1 is 1.12 bits per heavy atom. The van der Waals surface area contributed by atoms with Gasteiger partial charge in [-0.1, -0.05) is 64.8 Å². The van der Waals surface area contributed by atoms with E-state index in [0.717, 1.165) is 24.2 Å². The molecule has 3 N–H and O–H groups in total. The van der Waals surface area contributed by atoms with Crippen LogP contribution in [0.4, 0.5) is 11.5 Å². The van der Waals surface area contributed by atoms with Crippen molar-refractivity contribution in [3.8, 4) is 11.6 Å². The van der Waals surface area contributed by atoms with E-state index < -0.39 is 5.91 Å². The Hall–Kier alpha value is -4.94. The smallest absolute Gasteiger partial charge is 0.293 e. The number of hydrogen-bond acceptors (Lipinski definition) is 10. The quantitative estimate of drug-likeness (QED) is 0.184. The Kier molecular flexibility index (Phi) is 7.71. The number of rotatable bonds is 9. The second-order valence-electron chi connectivity index (χ2n) is 9.37. The summed E-state index contributed by atoms with van der Waals surface area (Å²) in [6.07, 6.45) is 2.38. The molecule has 1 amide bonds. The van der Waals surface area contributed by atoms with Gasteiger partial charge in [0.1, 0.15) is 12.4 Å². The predicted molar refractivity (Wildman–Crippen MR) is 157 cm³/mol. The predicted octanol–water partition coefficient (Wildman–Crippen LogP) is 4.44. The van der Waals surface area contributed by atoms with E-state index in [4.69, 9.17) is 38.3 Å². The zero-order valence-electron chi connectivity index (χ0n) is 21.9. The fourth-order valence-electron chi connectivity index (χ4n) is 4.58. The number of anilines is 2. The van der Waals surface area contributed by atoms with Crippen LogP contribution in [0.3, 0.4) is 0 Å². The highest BCUT2D eigenvalue weighted by Crippen LogP contribution is 2.30. The van der Waals surface area contributed by atoms with Gasteiger partial charge >= 0.3 is 0 Å². The minimum absolute atomic E-state index is 0.0217. The fraction of sp³-hybridized carbons (Fsp3) is 0.143. The molecular formula is C28H23Cl2N9O3. The third kappa shape index (κ3) is 5.76. The van der Waals surface area contributed by atoms with Gasteiger partial charge in [-0.2, -0.15) is 9.78 Å². The maximum atomic E-state index is 13.2. The minimum Gasteiger partial charge on any atom is -0.489 e. The van der Waals surface area contributed by atoms with Crippen molar-refractivity contribution in [1.82, 2.24) is 30.7 Å². The van der Waals surface area contributed by atoms with Crippen LogP contribution in [0.2, 0.25) is 10.0 Å². The molecule has 2 aromatic heterocycles. The van der Waals surface area contributed by atoms with E-state index in [1.807, 2.05) is 42.5 Å². The van der Waals surface area contributed by atoms with Gasteiger partial charge in [0.05, 0.1) is 18.5 Å². The van der Waals surface area contributed by atoms with Gasteiger partial charge in [-0.25, -0.2) is 10.1 Å². The monoisotopic (exact) mass is 603 g/mol. The van der Waals surface area contributed by atoms with Crippen molar-refractivity contribution >= 4 is 46.8 Å². The summed E-state index contributed by atoms with van der Waals surface area (Å²) in [5, 5.41) is 20.9. The molecule has 0 unspecified atom stereocenters. The number of ether oxygens (including phenoxy) is 1. The molecule has 1 aliphatic heterocycles. The molecule has 42 heavy (non-hydrogen) atoms. The van der Waals surface area contributed by atoms with E-state index in [-0.39, 0.29) is 23.9 Å². The molecule has 5 aromatic rings. The second kappa shape index (κ2) is 11.9. The van der Waals surface area contributed by atoms with Crippen molar-refractivity contribution in [2.75, 3.05) is 17.2 Å². The normalized spacial score (nSPS) is 12.6. The van der Waals surface area contributed by atoms with Crippen LogP contribution < -0.4 is 20.8 Å². The first-order valence-corrected chi connectivity index (χ1v) is 13.6. The van der Waals surface area contributed by atoms with Gasteiger partial charge in [0, 0.05) is 27.8 Å². The Labute approximate surface area is 249 Å². The molecule has 0 aliphatic carbocycles. The Balaban J connectivity index is 1.17. The summed E-state index contributed by atoms with van der Waals surface area (Å²) >= 11 is 12.2. The molecule has 0 saturated heterocycles. The summed E-state index contributed by atoms with van der Waals surface area (Å²) in [6, 6.07) is 20.6. The van der Waals surface area contributed by atoms with Gasteiger partial charge in [0.2, 0.25) is 11.6 Å². The van der Waals surface area contributed by atoms with E-state index in [1.165, 1.54) is 16.5 Å². The standard InChI is InChI=1S/C28H23Cl2N9O3/c29-20-9-8-19(22(30)13-20)16-41-21-6-3-4-17(12-21)14-32-34-28(40)25-24(39(37-33-25)27-26(31)35-42-36-27)15-38-11-10-18-5-1-2-7-23(18)38/h1-9,12-14H,10-11,15-16H2,(H2,31,35)(H,34,40). The van der Waals surface area contributed by atoms with Gasteiger partial charge < -0.3 is 15.4 Å². The van der Waals surface area contributed by atoms with E-state index >= 15 is 0 Å². The molecule has 14 heteroatoms. The average Bonchev–Trinajstić information content (AvgIpc) is 3.71. The van der Waals surface area contributed by atoms with Crippen molar-refractivity contribution in [2.45, 2.75) is 19.6 Å². The number of fused-ring (bicyclic) bond motifs is 1. The fourth-order valence-corrected chi connectivity index (χ4v) is 5.05. The van der Waals surface area contributed by atoms with Gasteiger partial charge in [-0.15, -0.1) is 5.10 Å². The van der Waals surface area contributed by atoms with Crippen molar-refractivity contribution in [1.29, 1.82) is 0 Å². The van der Waals surface area contributed by atoms with E-state index in [2.05, 4.69) is 42.1 Å². The van der Waals surface area contributed by atoms with Crippen LogP contribution in [-0.2, 0) is 19.6 Å². The highest BCUT2D eigenvalue weighted by molar-refractivity contribution is 6.35. The maximum Gasteiger partial charge on any atom is 0.293 e. The second-order valence-corrected chi connectivity index (χ2v) is 10.2. The van der Waals surface area contributed by atoms with Crippen LogP contribution in [0.5, 0.6) is 5.75 Å². The number of para-hydroxylation sites is 1. The summed E-state index contributed by atoms with van der Waals surface area (Å²) in [7, 11) is 0. The molecular weight excluding hydrogens is 581 g/mol. The van der Waals surface area contributed by atoms with Crippen molar-refractivity contribution in [3.63, 3.8) is 0 Å². The first-order chi connectivity index (χ1) is 20.5. The third-order valence-electron chi connectivity index (χ3n) is 6.65. The van der Waals surface area contributed by atoms with Gasteiger partial charge in [-0.3, -0.25) is 4.79 Å². The van der Waals surface area contributed by atoms with Gasteiger partial charge in [0.25, 0.3) is 5.91 Å². The highest BCUT2D eigenvalue weighted by atomic mass is 35.5. The lowest BCUT2D eigenvalue weighted by Crippen LogP contribution is -2.26. The highest BCUT2D eigenvalue weighted by Gasteiger charge is 2.28. The molecule has 3 aromatic carbocycles. The summed E-state index contributed by atoms with van der Waals surface area (Å²) < 4.78 is 12.0. The molecule has 0 bridgehead atoms. The van der Waals surface area contributed by atoms with E-state index in [0.29, 0.717) is 33.6 Å². The van der Waals surface area contributed by atoms with Crippen molar-refractivity contribution in [2.24, 2.45) is 5.10 Å². The number of halogens is 2. The molecule has 0 saturated carbocycles. The Morgan fingerprint density at radius 3 is 2.83 bits per heavy atom. The molecule has 3 heterocycles. The number of amides is 1. The number of carbonyl (C=O) groups excluding carboxylic acids is 1. The molecule has 12 nitrogen and oxygen atoms in total. The lowest BCUT2D eigenvalue weighted by atomic mass is 10.2. The van der Waals surface area contributed by atoms with E-state index in [1.54, 1.807) is 18.2 Å². The van der Waals surface area contributed by atoms with Gasteiger partial charge in [0.15, 0.2) is 5.69 Å². The Bertz CT molecular complexity index is 1790. The molecule has 0 radical (unpaired) electrons. The van der Waals surface area contributed by atoms with Crippen LogP contribution in [0.1, 0.15) is 32.9 Å². The third-order valence-corrected chi connectivity index (χ3v) is 7.23. The zero-order valence-corrected chi connectivity index (χ0v) is 23.5. The molecule has 212 valence electrons. The number of benzene rings is 3. The number of nitrogen functional groups attached to an aromatic ring is 1. The molecule has 6 rings (SSSR count). The topological polar surface area (TPSA) is 150 Å².